The van der Waals surface area contributed by atoms with Crippen LogP contribution in [0.4, 0.5) is 0 Å². The van der Waals surface area contributed by atoms with Gasteiger partial charge in [0, 0.05) is 47.6 Å². The minimum Gasteiger partial charge on any atom is -0.507 e. The lowest BCUT2D eigenvalue weighted by molar-refractivity contribution is -0.248. The van der Waals surface area contributed by atoms with Gasteiger partial charge in [0.15, 0.2) is 17.9 Å². The number of phenols is 2. The molecule has 10 nitrogen and oxygen atoms in total. The Morgan fingerprint density at radius 2 is 1.71 bits per heavy atom. The van der Waals surface area contributed by atoms with Gasteiger partial charge in [-0.15, -0.1) is 0 Å². The van der Waals surface area contributed by atoms with Gasteiger partial charge in [-0.05, 0) is 6.92 Å². The number of fused-ring (bicyclic) bond motifs is 3. The van der Waals surface area contributed by atoms with Crippen molar-refractivity contribution in [3.63, 3.8) is 0 Å². The molecule has 0 spiro atoms. The number of carbonyl (C=O) groups excluding carboxylic acids is 2. The largest absolute Gasteiger partial charge is 0.507 e. The summed E-state index contributed by atoms with van der Waals surface area (Å²) in [6, 6.07) is 5.47. The summed E-state index contributed by atoms with van der Waals surface area (Å²) in [6.45, 7) is 0.944. The summed E-state index contributed by atoms with van der Waals surface area (Å²) < 4.78 is 11.7. The van der Waals surface area contributed by atoms with Crippen LogP contribution in [0.15, 0.2) is 24.3 Å². The number of rotatable bonds is 3. The molecule has 0 radical (unpaired) electrons. The number of benzene rings is 2. The Bertz CT molecular complexity index is 1220. The summed E-state index contributed by atoms with van der Waals surface area (Å²) >= 11 is 0. The van der Waals surface area contributed by atoms with E-state index in [2.05, 4.69) is 0 Å². The van der Waals surface area contributed by atoms with E-state index in [9.17, 15) is 35.1 Å². The molecule has 10 heteroatoms. The molecule has 0 unspecified atom stereocenters. The zero-order chi connectivity index (χ0) is 25.2. The van der Waals surface area contributed by atoms with Crippen molar-refractivity contribution in [1.29, 1.82) is 0 Å². The van der Waals surface area contributed by atoms with Crippen LogP contribution in [0.5, 0.6) is 11.5 Å². The molecule has 1 heterocycles. The summed E-state index contributed by atoms with van der Waals surface area (Å²) in [7, 11) is 0. The molecule has 2 aromatic rings. The van der Waals surface area contributed by atoms with E-state index in [1.165, 1.54) is 12.1 Å². The third-order valence-corrected chi connectivity index (χ3v) is 7.21. The molecule has 1 saturated heterocycles. The van der Waals surface area contributed by atoms with Crippen molar-refractivity contribution < 1.29 is 44.6 Å². The molecule has 3 aliphatic rings. The molecule has 35 heavy (non-hydrogen) atoms. The summed E-state index contributed by atoms with van der Waals surface area (Å²) in [4.78, 5) is 26.5. The highest BCUT2D eigenvalue weighted by Crippen LogP contribution is 2.51. The van der Waals surface area contributed by atoms with Gasteiger partial charge in [0.25, 0.3) is 0 Å². The highest BCUT2D eigenvalue weighted by Gasteiger charge is 2.47. The zero-order valence-corrected chi connectivity index (χ0v) is 19.0. The number of nitrogens with two attached hydrogens (primary N) is 1. The van der Waals surface area contributed by atoms with Gasteiger partial charge in [-0.3, -0.25) is 9.59 Å². The molecule has 0 amide bonds. The number of ketones is 2. The van der Waals surface area contributed by atoms with Crippen LogP contribution in [0.1, 0.15) is 68.8 Å². The Hall–Kier alpha value is -2.86. The molecule has 2 aromatic carbocycles. The average molecular weight is 485 g/mol. The first kappa shape index (κ1) is 23.9. The molecule has 5 rings (SSSR count). The van der Waals surface area contributed by atoms with Crippen LogP contribution in [0, 0.1) is 0 Å². The molecule has 1 aliphatic heterocycles. The highest BCUT2D eigenvalue weighted by atomic mass is 16.7. The first-order chi connectivity index (χ1) is 16.6. The Morgan fingerprint density at radius 3 is 2.29 bits per heavy atom. The number of aliphatic hydroxyl groups excluding tert-OH is 2. The number of carbonyl (C=O) groups is 2. The molecule has 7 N–H and O–H groups in total. The number of aliphatic hydroxyl groups is 3. The third-order valence-electron chi connectivity index (χ3n) is 7.21. The van der Waals surface area contributed by atoms with Crippen molar-refractivity contribution in [3.05, 3.63) is 57.6 Å². The molecule has 186 valence electrons. The number of phenolic OH excluding ortho intramolecular Hbond substituents is 2. The van der Waals surface area contributed by atoms with Gasteiger partial charge in [-0.25, -0.2) is 0 Å². The Balaban J connectivity index is 1.64. The number of ether oxygens (including phenoxy) is 2. The minimum absolute atomic E-state index is 0.00257. The fraction of sp³-hybridized carbons (Fsp3) is 0.440. The van der Waals surface area contributed by atoms with E-state index >= 15 is 0 Å². The molecule has 2 aliphatic carbocycles. The van der Waals surface area contributed by atoms with E-state index in [1.807, 2.05) is 0 Å². The van der Waals surface area contributed by atoms with Crippen LogP contribution in [0.3, 0.4) is 0 Å². The summed E-state index contributed by atoms with van der Waals surface area (Å²) in [5.74, 6) is -2.34. The summed E-state index contributed by atoms with van der Waals surface area (Å²) in [5, 5.41) is 53.4. The maximum absolute atomic E-state index is 13.3. The van der Waals surface area contributed by atoms with Gasteiger partial charge < -0.3 is 40.7 Å². The van der Waals surface area contributed by atoms with Crippen LogP contribution in [0.25, 0.3) is 0 Å². The van der Waals surface area contributed by atoms with Crippen LogP contribution in [0.2, 0.25) is 0 Å². The monoisotopic (exact) mass is 485 g/mol. The van der Waals surface area contributed by atoms with Crippen molar-refractivity contribution in [2.24, 2.45) is 5.73 Å². The van der Waals surface area contributed by atoms with E-state index in [1.54, 1.807) is 19.1 Å². The van der Waals surface area contributed by atoms with E-state index < -0.39 is 65.9 Å². The zero-order valence-electron chi connectivity index (χ0n) is 19.0. The highest BCUT2D eigenvalue weighted by molar-refractivity contribution is 6.30. The summed E-state index contributed by atoms with van der Waals surface area (Å²) in [6.07, 6.45) is -3.97. The lowest BCUT2D eigenvalue weighted by Gasteiger charge is -2.42. The van der Waals surface area contributed by atoms with E-state index in [0.717, 1.165) is 0 Å². The first-order valence-electron chi connectivity index (χ1n) is 11.4. The topological polar surface area (TPSA) is 180 Å². The SMILES string of the molecule is C[C@@H]1O[C@@H](O[C@H]2C[C@](O)(CO)Cc3c(O)c4c(c(O)c32)C(=O)c2ccccc2C4=O)C[C@H](N)[C@H]1O. The van der Waals surface area contributed by atoms with Crippen LogP contribution in [-0.2, 0) is 15.9 Å². The molecule has 0 aromatic heterocycles. The fourth-order valence-corrected chi connectivity index (χ4v) is 5.35. The predicted octanol–water partition coefficient (Wildman–Crippen LogP) is 0.424. The van der Waals surface area contributed by atoms with Crippen molar-refractivity contribution >= 4 is 11.6 Å². The van der Waals surface area contributed by atoms with Gasteiger partial charge in [0.05, 0.1) is 41.6 Å². The van der Waals surface area contributed by atoms with Crippen LogP contribution in [-0.4, -0.2) is 73.8 Å². The van der Waals surface area contributed by atoms with Gasteiger partial charge >= 0.3 is 0 Å². The Labute approximate surface area is 200 Å². The van der Waals surface area contributed by atoms with Crippen LogP contribution < -0.4 is 5.73 Å². The van der Waals surface area contributed by atoms with Gasteiger partial charge in [-0.1, -0.05) is 24.3 Å². The molecular weight excluding hydrogens is 458 g/mol. The maximum Gasteiger partial charge on any atom is 0.198 e. The Morgan fingerprint density at radius 1 is 1.11 bits per heavy atom. The van der Waals surface area contributed by atoms with Crippen molar-refractivity contribution in [3.8, 4) is 11.5 Å². The van der Waals surface area contributed by atoms with Crippen LogP contribution >= 0.6 is 0 Å². The van der Waals surface area contributed by atoms with E-state index in [4.69, 9.17) is 15.2 Å². The second-order valence-electron chi connectivity index (χ2n) is 9.59. The number of hydrogen-bond acceptors (Lipinski definition) is 10. The molecule has 0 saturated carbocycles. The van der Waals surface area contributed by atoms with Gasteiger partial charge in [0.1, 0.15) is 11.5 Å². The standard InChI is InChI=1S/C25H27NO9/c1-10-20(28)14(26)6-16(34-10)35-15-8-25(33,9-27)7-13-17(15)24(32)19-18(23(13)31)21(29)11-4-2-3-5-12(11)22(19)30/h2-5,10,14-16,20,27-28,31-33H,6-9,26H2,1H3/t10-,14-,15-,16-,20-,25-/m0/s1. The van der Waals surface area contributed by atoms with Gasteiger partial charge in [0.2, 0.25) is 0 Å². The number of aromatic hydroxyl groups is 2. The minimum atomic E-state index is -1.74. The summed E-state index contributed by atoms with van der Waals surface area (Å²) in [5.41, 5.74) is 3.81. The quantitative estimate of drug-likeness (QED) is 0.285. The van der Waals surface area contributed by atoms with Crippen molar-refractivity contribution in [2.75, 3.05) is 6.61 Å². The van der Waals surface area contributed by atoms with E-state index in [0.29, 0.717) is 0 Å². The van der Waals surface area contributed by atoms with Gasteiger partial charge in [-0.2, -0.15) is 0 Å². The van der Waals surface area contributed by atoms with Crippen molar-refractivity contribution in [2.45, 2.75) is 62.4 Å². The van der Waals surface area contributed by atoms with Crippen molar-refractivity contribution in [1.82, 2.24) is 0 Å². The lowest BCUT2D eigenvalue weighted by atomic mass is 9.73. The average Bonchev–Trinajstić information content (AvgIpc) is 2.83. The maximum atomic E-state index is 13.3. The lowest BCUT2D eigenvalue weighted by Crippen LogP contribution is -2.52. The second kappa shape index (κ2) is 8.37. The number of hydrogen-bond donors (Lipinski definition) is 6. The normalized spacial score (nSPS) is 32.1. The van der Waals surface area contributed by atoms with E-state index in [-0.39, 0.29) is 52.6 Å². The predicted molar refractivity (Wildman–Crippen MR) is 120 cm³/mol. The molecule has 1 fully saturated rings. The molecular formula is C25H27NO9. The smallest absolute Gasteiger partial charge is 0.198 e. The first-order valence-corrected chi connectivity index (χ1v) is 11.4. The molecule has 6 atom stereocenters. The second-order valence-corrected chi connectivity index (χ2v) is 9.59. The fourth-order valence-electron chi connectivity index (χ4n) is 5.35. The molecule has 0 bridgehead atoms. The third kappa shape index (κ3) is 3.65. The Kier molecular flexibility index (Phi) is 5.71.